The molecular weight excluding hydrogens is 535 g/mol. The Labute approximate surface area is 238 Å². The molecule has 0 saturated carbocycles. The topological polar surface area (TPSA) is 73.7 Å². The first-order valence-corrected chi connectivity index (χ1v) is 14.0. The summed E-state index contributed by atoms with van der Waals surface area (Å²) in [7, 11) is 0. The molecule has 220 valence electrons. The number of ether oxygens (including phenoxy) is 2. The number of nitrogens with zero attached hydrogens (tertiary/aromatic N) is 3. The molecule has 0 N–H and O–H groups in total. The number of esters is 1. The number of aromatic nitrogens is 2. The van der Waals surface area contributed by atoms with Gasteiger partial charge in [0.05, 0.1) is 30.0 Å². The molecule has 7 nitrogen and oxygen atoms in total. The summed E-state index contributed by atoms with van der Waals surface area (Å²) in [6.07, 6.45) is 0.119. The summed E-state index contributed by atoms with van der Waals surface area (Å²) in [6, 6.07) is 10.9. The van der Waals surface area contributed by atoms with Gasteiger partial charge in [-0.1, -0.05) is 25.5 Å². The van der Waals surface area contributed by atoms with E-state index < -0.39 is 11.7 Å². The van der Waals surface area contributed by atoms with Gasteiger partial charge in [0.25, 0.3) is 5.91 Å². The number of benzene rings is 2. The molecule has 1 unspecified atom stereocenters. The maximum absolute atomic E-state index is 13.2. The lowest BCUT2D eigenvalue weighted by Crippen LogP contribution is -2.42. The number of likely N-dealkylation sites (tertiary alicyclic amines) is 1. The first kappa shape index (κ1) is 30.1. The molecule has 1 aliphatic rings. The zero-order valence-corrected chi connectivity index (χ0v) is 23.8. The number of amides is 1. The summed E-state index contributed by atoms with van der Waals surface area (Å²) in [5, 5.41) is 3.92. The number of hydrogen-bond donors (Lipinski definition) is 0. The van der Waals surface area contributed by atoms with Crippen LogP contribution in [0, 0.1) is 19.8 Å². The molecule has 3 aromatic rings. The van der Waals surface area contributed by atoms with Crippen LogP contribution >= 0.6 is 0 Å². The van der Waals surface area contributed by atoms with Crippen LogP contribution in [0.1, 0.15) is 78.2 Å². The van der Waals surface area contributed by atoms with Crippen molar-refractivity contribution in [2.24, 2.45) is 5.92 Å². The average molecular weight is 572 g/mol. The Morgan fingerprint density at radius 1 is 1.10 bits per heavy atom. The van der Waals surface area contributed by atoms with Gasteiger partial charge in [0.2, 0.25) is 0 Å². The van der Waals surface area contributed by atoms with E-state index in [1.807, 2.05) is 26.0 Å². The van der Waals surface area contributed by atoms with Crippen molar-refractivity contribution in [2.45, 2.75) is 65.7 Å². The second-order valence-corrected chi connectivity index (χ2v) is 10.4. The maximum Gasteiger partial charge on any atom is 0.419 e. The number of alkyl halides is 3. The number of aryl methyl sites for hydroxylation is 2. The minimum absolute atomic E-state index is 0.118. The van der Waals surface area contributed by atoms with Gasteiger partial charge in [-0.2, -0.15) is 18.3 Å². The Morgan fingerprint density at radius 2 is 1.78 bits per heavy atom. The normalized spacial score (nSPS) is 16.4. The van der Waals surface area contributed by atoms with Crippen LogP contribution in [0.5, 0.6) is 5.75 Å². The number of carbonyl (C=O) groups excluding carboxylic acids is 2. The summed E-state index contributed by atoms with van der Waals surface area (Å²) in [5.41, 5.74) is 2.69. The second-order valence-electron chi connectivity index (χ2n) is 10.4. The third-order valence-electron chi connectivity index (χ3n) is 7.29. The molecule has 0 radical (unpaired) electrons. The molecule has 0 aliphatic carbocycles. The third-order valence-corrected chi connectivity index (χ3v) is 7.29. The van der Waals surface area contributed by atoms with Gasteiger partial charge >= 0.3 is 12.1 Å². The molecule has 0 bridgehead atoms. The molecule has 1 saturated heterocycles. The van der Waals surface area contributed by atoms with E-state index in [2.05, 4.69) is 12.0 Å². The van der Waals surface area contributed by atoms with Crippen molar-refractivity contribution in [1.82, 2.24) is 14.7 Å². The first-order valence-electron chi connectivity index (χ1n) is 14.0. The fraction of sp³-hybridized carbons (Fsp3) is 0.452. The molecule has 2 heterocycles. The standard InChI is InChI=1S/C31H36F3N3O4/c1-5-8-27(41-26-15-20(3)28(21(4)16-26)37-19-25(17-35-37)31(32,33)34)22-10-12-23(13-11-22)29(38)36-14-7-9-24(18-36)30(39)40-6-2/h10-13,15-17,19,24,27H,5-9,14,18H2,1-4H3/t24?,27-/m0/s1. The summed E-state index contributed by atoms with van der Waals surface area (Å²) >= 11 is 0. The van der Waals surface area contributed by atoms with Gasteiger partial charge in [0.1, 0.15) is 11.9 Å². The number of halogens is 3. The van der Waals surface area contributed by atoms with E-state index in [9.17, 15) is 22.8 Å². The summed E-state index contributed by atoms with van der Waals surface area (Å²) in [5.74, 6) is -0.0711. The van der Waals surface area contributed by atoms with Crippen molar-refractivity contribution in [3.05, 3.63) is 76.6 Å². The molecule has 2 aromatic carbocycles. The van der Waals surface area contributed by atoms with Crippen LogP contribution in [0.2, 0.25) is 0 Å². The zero-order chi connectivity index (χ0) is 29.7. The smallest absolute Gasteiger partial charge is 0.419 e. The molecule has 41 heavy (non-hydrogen) atoms. The van der Waals surface area contributed by atoms with Crippen LogP contribution in [0.25, 0.3) is 5.69 Å². The van der Waals surface area contributed by atoms with Gasteiger partial charge in [-0.25, -0.2) is 4.68 Å². The van der Waals surface area contributed by atoms with Gasteiger partial charge in [0, 0.05) is 24.8 Å². The van der Waals surface area contributed by atoms with E-state index in [4.69, 9.17) is 9.47 Å². The third kappa shape index (κ3) is 7.10. The predicted octanol–water partition coefficient (Wildman–Crippen LogP) is 6.84. The van der Waals surface area contributed by atoms with Crippen LogP contribution in [-0.4, -0.2) is 46.3 Å². The number of piperidine rings is 1. The van der Waals surface area contributed by atoms with E-state index in [1.54, 1.807) is 36.1 Å². The largest absolute Gasteiger partial charge is 0.486 e. The predicted molar refractivity (Wildman–Crippen MR) is 148 cm³/mol. The van der Waals surface area contributed by atoms with Gasteiger partial charge in [-0.3, -0.25) is 9.59 Å². The van der Waals surface area contributed by atoms with E-state index in [1.165, 1.54) is 4.68 Å². The molecule has 2 atom stereocenters. The number of hydrogen-bond acceptors (Lipinski definition) is 5. The van der Waals surface area contributed by atoms with Crippen LogP contribution in [0.15, 0.2) is 48.8 Å². The molecule has 1 aliphatic heterocycles. The van der Waals surface area contributed by atoms with E-state index in [-0.39, 0.29) is 23.9 Å². The molecule has 4 rings (SSSR count). The Kier molecular flexibility index (Phi) is 9.40. The monoisotopic (exact) mass is 571 g/mol. The van der Waals surface area contributed by atoms with Crippen molar-refractivity contribution >= 4 is 11.9 Å². The van der Waals surface area contributed by atoms with Crippen molar-refractivity contribution in [1.29, 1.82) is 0 Å². The quantitative estimate of drug-likeness (QED) is 0.263. The minimum Gasteiger partial charge on any atom is -0.486 e. The van der Waals surface area contributed by atoms with Crippen molar-refractivity contribution in [2.75, 3.05) is 19.7 Å². The summed E-state index contributed by atoms with van der Waals surface area (Å²) in [4.78, 5) is 27.1. The van der Waals surface area contributed by atoms with Crippen molar-refractivity contribution < 1.29 is 32.2 Å². The highest BCUT2D eigenvalue weighted by Crippen LogP contribution is 2.33. The molecular formula is C31H36F3N3O4. The number of carbonyl (C=O) groups is 2. The van der Waals surface area contributed by atoms with Crippen molar-refractivity contribution in [3.8, 4) is 11.4 Å². The van der Waals surface area contributed by atoms with Crippen LogP contribution in [-0.2, 0) is 15.7 Å². The molecule has 10 heteroatoms. The molecule has 1 fully saturated rings. The lowest BCUT2D eigenvalue weighted by Gasteiger charge is -2.31. The lowest BCUT2D eigenvalue weighted by atomic mass is 9.97. The Balaban J connectivity index is 1.48. The first-order chi connectivity index (χ1) is 19.5. The summed E-state index contributed by atoms with van der Waals surface area (Å²) < 4.78 is 52.0. The fourth-order valence-electron chi connectivity index (χ4n) is 5.29. The highest BCUT2D eigenvalue weighted by Gasteiger charge is 2.33. The minimum atomic E-state index is -4.46. The zero-order valence-electron chi connectivity index (χ0n) is 23.8. The van der Waals surface area contributed by atoms with Crippen LogP contribution < -0.4 is 4.74 Å². The van der Waals surface area contributed by atoms with E-state index in [0.29, 0.717) is 43.1 Å². The van der Waals surface area contributed by atoms with Gasteiger partial charge < -0.3 is 14.4 Å². The average Bonchev–Trinajstić information content (AvgIpc) is 3.43. The Hall–Kier alpha value is -3.82. The SMILES string of the molecule is CCC[C@H](Oc1cc(C)c(-n2cc(C(F)(F)F)cn2)c(C)c1)c1ccc(C(=O)N2CCCC(C(=O)OCC)C2)cc1. The fourth-order valence-corrected chi connectivity index (χ4v) is 5.29. The lowest BCUT2D eigenvalue weighted by molar-refractivity contribution is -0.149. The molecule has 1 amide bonds. The van der Waals surface area contributed by atoms with Gasteiger partial charge in [0.15, 0.2) is 0 Å². The highest BCUT2D eigenvalue weighted by molar-refractivity contribution is 5.94. The van der Waals surface area contributed by atoms with Gasteiger partial charge in [-0.05, 0) is 81.0 Å². The van der Waals surface area contributed by atoms with E-state index in [0.717, 1.165) is 48.3 Å². The highest BCUT2D eigenvalue weighted by atomic mass is 19.4. The van der Waals surface area contributed by atoms with Gasteiger partial charge in [-0.15, -0.1) is 0 Å². The Morgan fingerprint density at radius 3 is 2.37 bits per heavy atom. The van der Waals surface area contributed by atoms with E-state index >= 15 is 0 Å². The molecule has 1 aromatic heterocycles. The van der Waals surface area contributed by atoms with Crippen molar-refractivity contribution in [3.63, 3.8) is 0 Å². The number of rotatable bonds is 9. The van der Waals surface area contributed by atoms with Crippen LogP contribution in [0.4, 0.5) is 13.2 Å². The summed E-state index contributed by atoms with van der Waals surface area (Å²) in [6.45, 7) is 8.73. The second kappa shape index (κ2) is 12.8. The Bertz CT molecular complexity index is 1340. The van der Waals surface area contributed by atoms with Crippen LogP contribution in [0.3, 0.4) is 0 Å². The molecule has 0 spiro atoms. The maximum atomic E-state index is 13.2.